The highest BCUT2D eigenvalue weighted by Gasteiger charge is 2.36. The van der Waals surface area contributed by atoms with Gasteiger partial charge in [0.2, 0.25) is 0 Å². The molecule has 1 heterocycles. The lowest BCUT2D eigenvalue weighted by atomic mass is 9.83. The molecule has 1 aromatic heterocycles. The molecule has 0 bridgehead atoms. The number of alkyl halides is 3. The van der Waals surface area contributed by atoms with Crippen LogP contribution in [0.3, 0.4) is 0 Å². The molecule has 1 aromatic carbocycles. The molecule has 3 rings (SSSR count). The number of halogens is 4. The Morgan fingerprint density at radius 1 is 1.24 bits per heavy atom. The molecule has 37 heavy (non-hydrogen) atoms. The molecule has 1 atom stereocenters. The van der Waals surface area contributed by atoms with E-state index in [0.29, 0.717) is 23.9 Å². The number of nitrogens with zero attached hydrogens (tertiary/aromatic N) is 2. The van der Waals surface area contributed by atoms with Crippen LogP contribution in [0.1, 0.15) is 56.9 Å². The van der Waals surface area contributed by atoms with Crippen molar-refractivity contribution in [3.05, 3.63) is 29.7 Å². The molecular weight excluding hydrogens is 516 g/mol. The Balaban J connectivity index is 0.00000153. The third kappa shape index (κ3) is 8.01. The molecule has 206 valence electrons. The van der Waals surface area contributed by atoms with Crippen molar-refractivity contribution >= 4 is 23.2 Å². The van der Waals surface area contributed by atoms with Crippen molar-refractivity contribution < 1.29 is 35.5 Å². The average Bonchev–Trinajstić information content (AvgIpc) is 3.19. The number of hydrogen-bond donors (Lipinski definition) is 2. The number of methoxy groups -OCH3 is 1. The molecule has 0 aliphatic heterocycles. The number of anilines is 1. The van der Waals surface area contributed by atoms with Gasteiger partial charge < -0.3 is 15.4 Å². The van der Waals surface area contributed by atoms with Gasteiger partial charge in [0, 0.05) is 30.4 Å². The summed E-state index contributed by atoms with van der Waals surface area (Å²) < 4.78 is 77.4. The molecule has 1 fully saturated rings. The van der Waals surface area contributed by atoms with Crippen LogP contribution in [-0.2, 0) is 18.1 Å². The Morgan fingerprint density at radius 3 is 2.41 bits per heavy atom. The van der Waals surface area contributed by atoms with E-state index < -0.39 is 35.5 Å². The Labute approximate surface area is 216 Å². The van der Waals surface area contributed by atoms with Crippen LogP contribution in [0, 0.1) is 17.7 Å². The van der Waals surface area contributed by atoms with E-state index in [-0.39, 0.29) is 29.4 Å². The van der Waals surface area contributed by atoms with Crippen molar-refractivity contribution in [2.75, 3.05) is 19.0 Å². The highest BCUT2D eigenvalue weighted by Crippen LogP contribution is 2.36. The SMILES string of the molecule is CCn1nc(C(=O)NCC2CCC(C)CC2)c(F)c1-c1ccc(N[C@H](C)C(F)(F)F)cc1OC.O=S=O. The fourth-order valence-electron chi connectivity index (χ4n) is 4.23. The van der Waals surface area contributed by atoms with Crippen molar-refractivity contribution in [2.24, 2.45) is 11.8 Å². The minimum atomic E-state index is -4.42. The van der Waals surface area contributed by atoms with Gasteiger partial charge in [0.05, 0.1) is 7.11 Å². The summed E-state index contributed by atoms with van der Waals surface area (Å²) in [7, 11) is 1.35. The van der Waals surface area contributed by atoms with Gasteiger partial charge in [0.15, 0.2) is 11.5 Å². The van der Waals surface area contributed by atoms with Gasteiger partial charge in [-0.2, -0.15) is 26.7 Å². The highest BCUT2D eigenvalue weighted by atomic mass is 32.1. The fourth-order valence-corrected chi connectivity index (χ4v) is 4.23. The van der Waals surface area contributed by atoms with Crippen molar-refractivity contribution in [2.45, 2.75) is 65.2 Å². The van der Waals surface area contributed by atoms with Gasteiger partial charge in [0.1, 0.15) is 17.5 Å². The second kappa shape index (κ2) is 13.5. The number of rotatable bonds is 8. The lowest BCUT2D eigenvalue weighted by Crippen LogP contribution is -2.33. The summed E-state index contributed by atoms with van der Waals surface area (Å²) in [6.45, 7) is 5.74. The fraction of sp³-hybridized carbons (Fsp3) is 0.583. The molecule has 0 unspecified atom stereocenters. The van der Waals surface area contributed by atoms with Crippen LogP contribution >= 0.6 is 0 Å². The largest absolute Gasteiger partial charge is 0.496 e. The summed E-state index contributed by atoms with van der Waals surface area (Å²) in [4.78, 5) is 12.7. The predicted molar refractivity (Wildman–Crippen MR) is 131 cm³/mol. The van der Waals surface area contributed by atoms with Crippen LogP contribution in [0.15, 0.2) is 18.2 Å². The highest BCUT2D eigenvalue weighted by molar-refractivity contribution is 7.51. The summed E-state index contributed by atoms with van der Waals surface area (Å²) >= 11 is -0.750. The van der Waals surface area contributed by atoms with Gasteiger partial charge in [-0.15, -0.1) is 0 Å². The van der Waals surface area contributed by atoms with Crippen LogP contribution in [0.4, 0.5) is 23.2 Å². The van der Waals surface area contributed by atoms with Crippen LogP contribution in [0.25, 0.3) is 11.3 Å². The van der Waals surface area contributed by atoms with E-state index >= 15 is 4.39 Å². The van der Waals surface area contributed by atoms with Gasteiger partial charge in [-0.1, -0.05) is 19.8 Å². The number of carbonyl (C=O) groups is 1. The Kier molecular flexibility index (Phi) is 11.1. The summed E-state index contributed by atoms with van der Waals surface area (Å²) in [5, 5.41) is 9.35. The van der Waals surface area contributed by atoms with Crippen LogP contribution in [0.5, 0.6) is 5.75 Å². The smallest absolute Gasteiger partial charge is 0.408 e. The average molecular weight is 549 g/mol. The first-order valence-corrected chi connectivity index (χ1v) is 12.6. The standard InChI is InChI=1S/C24H32F4N4O2.O2S/c1-5-32-22(18-11-10-17(12-19(18)34-4)30-15(3)24(26,27)28)20(25)21(31-32)23(33)29-13-16-8-6-14(2)7-9-16;1-3-2/h10-12,14-16,30H,5-9,13H2,1-4H3,(H,29,33);/t14?,15-,16?;/m1./s1. The van der Waals surface area contributed by atoms with Crippen LogP contribution in [-0.4, -0.2) is 50.0 Å². The van der Waals surface area contributed by atoms with E-state index in [1.165, 1.54) is 30.0 Å². The molecule has 1 aliphatic carbocycles. The van der Waals surface area contributed by atoms with Crippen LogP contribution in [0.2, 0.25) is 0 Å². The van der Waals surface area contributed by atoms with Crippen molar-refractivity contribution in [3.8, 4) is 17.0 Å². The monoisotopic (exact) mass is 548 g/mol. The Hall–Kier alpha value is -2.96. The van der Waals surface area contributed by atoms with E-state index in [1.807, 2.05) is 0 Å². The molecule has 2 N–H and O–H groups in total. The zero-order chi connectivity index (χ0) is 27.8. The molecule has 13 heteroatoms. The second-order valence-corrected chi connectivity index (χ2v) is 9.19. The van der Waals surface area contributed by atoms with Crippen molar-refractivity contribution in [1.82, 2.24) is 15.1 Å². The predicted octanol–water partition coefficient (Wildman–Crippen LogP) is 4.97. The maximum atomic E-state index is 15.5. The minimum Gasteiger partial charge on any atom is -0.496 e. The molecular formula is C24H32F4N4O4S. The topological polar surface area (TPSA) is 102 Å². The van der Waals surface area contributed by atoms with Crippen molar-refractivity contribution in [1.29, 1.82) is 0 Å². The number of amides is 1. The summed E-state index contributed by atoms with van der Waals surface area (Å²) in [6.07, 6.45) is -0.116. The Bertz CT molecular complexity index is 1100. The van der Waals surface area contributed by atoms with E-state index in [9.17, 15) is 18.0 Å². The molecule has 1 aliphatic rings. The van der Waals surface area contributed by atoms with Gasteiger partial charge in [0.25, 0.3) is 5.91 Å². The zero-order valence-corrected chi connectivity index (χ0v) is 22.0. The molecule has 0 spiro atoms. The number of carbonyl (C=O) groups excluding carboxylic acids is 1. The van der Waals surface area contributed by atoms with Crippen molar-refractivity contribution in [3.63, 3.8) is 0 Å². The minimum absolute atomic E-state index is 0.0476. The number of benzene rings is 1. The van der Waals surface area contributed by atoms with Gasteiger partial charge in [-0.05, 0) is 50.7 Å². The lowest BCUT2D eigenvalue weighted by Gasteiger charge is -2.26. The van der Waals surface area contributed by atoms with Gasteiger partial charge in [-0.3, -0.25) is 9.48 Å². The maximum absolute atomic E-state index is 15.5. The molecule has 0 radical (unpaired) electrons. The summed E-state index contributed by atoms with van der Waals surface area (Å²) in [6, 6.07) is 2.47. The van der Waals surface area contributed by atoms with Crippen LogP contribution < -0.4 is 15.4 Å². The normalized spacial score (nSPS) is 18.3. The van der Waals surface area contributed by atoms with Gasteiger partial charge >= 0.3 is 17.7 Å². The van der Waals surface area contributed by atoms with E-state index in [0.717, 1.165) is 32.6 Å². The van der Waals surface area contributed by atoms with E-state index in [2.05, 4.69) is 22.7 Å². The molecule has 1 saturated carbocycles. The number of ether oxygens (including phenoxy) is 1. The third-order valence-electron chi connectivity index (χ3n) is 6.43. The Morgan fingerprint density at radius 2 is 1.86 bits per heavy atom. The molecule has 2 aromatic rings. The zero-order valence-electron chi connectivity index (χ0n) is 21.2. The number of aromatic nitrogens is 2. The first kappa shape index (κ1) is 30.3. The van der Waals surface area contributed by atoms with E-state index in [1.54, 1.807) is 6.92 Å². The molecule has 8 nitrogen and oxygen atoms in total. The first-order valence-electron chi connectivity index (χ1n) is 11.9. The quantitative estimate of drug-likeness (QED) is 0.452. The van der Waals surface area contributed by atoms with E-state index in [4.69, 9.17) is 13.2 Å². The third-order valence-corrected chi connectivity index (χ3v) is 6.43. The number of nitrogens with one attached hydrogen (secondary N) is 2. The summed E-state index contributed by atoms with van der Waals surface area (Å²) in [5.74, 6) is -0.146. The number of aryl methyl sites for hydroxylation is 1. The number of hydrogen-bond acceptors (Lipinski definition) is 6. The maximum Gasteiger partial charge on any atom is 0.408 e. The second-order valence-electron chi connectivity index (χ2n) is 9.05. The molecule has 1 amide bonds. The molecule has 0 saturated heterocycles. The first-order chi connectivity index (χ1) is 17.5. The van der Waals surface area contributed by atoms with Gasteiger partial charge in [-0.25, -0.2) is 4.39 Å². The summed E-state index contributed by atoms with van der Waals surface area (Å²) in [5.41, 5.74) is 0.204. The lowest BCUT2D eigenvalue weighted by molar-refractivity contribution is -0.138.